The molecule has 2 aliphatic rings. The van der Waals surface area contributed by atoms with Gasteiger partial charge in [0, 0.05) is 18.6 Å². The summed E-state index contributed by atoms with van der Waals surface area (Å²) < 4.78 is 0. The highest BCUT2D eigenvalue weighted by atomic mass is 16.4. The second-order valence-electron chi connectivity index (χ2n) is 6.35. The van der Waals surface area contributed by atoms with E-state index in [0.29, 0.717) is 12.0 Å². The standard InChI is InChI=1S/C15H26N2O3/c1-11(2)17(10-14(18)19)15(20)16-9-5-7-12-6-3-4-8-13(12)16/h11-13H,3-10H2,1-2H3,(H,18,19)/t12-,13-/m1/s1. The molecule has 114 valence electrons. The molecule has 1 aliphatic heterocycles. The van der Waals surface area contributed by atoms with E-state index in [2.05, 4.69) is 0 Å². The number of aliphatic carboxylic acids is 1. The molecule has 1 saturated carbocycles. The Balaban J connectivity index is 2.10. The van der Waals surface area contributed by atoms with E-state index in [4.69, 9.17) is 5.11 Å². The maximum atomic E-state index is 12.7. The maximum absolute atomic E-state index is 12.7. The Kier molecular flexibility index (Phi) is 4.89. The number of fused-ring (bicyclic) bond motifs is 1. The first-order chi connectivity index (χ1) is 9.50. The fraction of sp³-hybridized carbons (Fsp3) is 0.867. The average molecular weight is 282 g/mol. The van der Waals surface area contributed by atoms with Gasteiger partial charge >= 0.3 is 12.0 Å². The van der Waals surface area contributed by atoms with Crippen molar-refractivity contribution in [2.45, 2.75) is 64.5 Å². The molecule has 20 heavy (non-hydrogen) atoms. The molecule has 0 radical (unpaired) electrons. The number of hydrogen-bond acceptors (Lipinski definition) is 2. The first-order valence-electron chi connectivity index (χ1n) is 7.79. The molecule has 1 N–H and O–H groups in total. The average Bonchev–Trinajstić information content (AvgIpc) is 2.43. The van der Waals surface area contributed by atoms with E-state index in [0.717, 1.165) is 19.4 Å². The second kappa shape index (κ2) is 6.46. The van der Waals surface area contributed by atoms with Crippen LogP contribution in [0, 0.1) is 5.92 Å². The summed E-state index contributed by atoms with van der Waals surface area (Å²) in [5.74, 6) is -0.315. The summed E-state index contributed by atoms with van der Waals surface area (Å²) in [6.45, 7) is 4.33. The van der Waals surface area contributed by atoms with E-state index in [-0.39, 0.29) is 18.6 Å². The lowest BCUT2D eigenvalue weighted by molar-refractivity contribution is -0.138. The van der Waals surface area contributed by atoms with Crippen LogP contribution in [0.5, 0.6) is 0 Å². The molecular weight excluding hydrogens is 256 g/mol. The van der Waals surface area contributed by atoms with Crippen molar-refractivity contribution >= 4 is 12.0 Å². The van der Waals surface area contributed by atoms with Gasteiger partial charge in [0.1, 0.15) is 6.54 Å². The van der Waals surface area contributed by atoms with Crippen LogP contribution >= 0.6 is 0 Å². The molecule has 2 atom stereocenters. The van der Waals surface area contributed by atoms with Crippen LogP contribution < -0.4 is 0 Å². The van der Waals surface area contributed by atoms with Gasteiger partial charge in [-0.05, 0) is 45.4 Å². The van der Waals surface area contributed by atoms with Crippen molar-refractivity contribution in [3.63, 3.8) is 0 Å². The van der Waals surface area contributed by atoms with Crippen molar-refractivity contribution in [3.8, 4) is 0 Å². The van der Waals surface area contributed by atoms with Gasteiger partial charge in [0.25, 0.3) is 0 Å². The summed E-state index contributed by atoms with van der Waals surface area (Å²) in [4.78, 5) is 27.1. The van der Waals surface area contributed by atoms with Gasteiger partial charge in [-0.15, -0.1) is 0 Å². The summed E-state index contributed by atoms with van der Waals surface area (Å²) in [6.07, 6.45) is 7.02. The lowest BCUT2D eigenvalue weighted by Crippen LogP contribution is -2.56. The van der Waals surface area contributed by atoms with Gasteiger partial charge in [-0.1, -0.05) is 12.8 Å². The quantitative estimate of drug-likeness (QED) is 0.865. The van der Waals surface area contributed by atoms with Gasteiger partial charge < -0.3 is 14.9 Å². The van der Waals surface area contributed by atoms with Gasteiger partial charge in [-0.2, -0.15) is 0 Å². The van der Waals surface area contributed by atoms with Gasteiger partial charge in [0.05, 0.1) is 0 Å². The summed E-state index contributed by atoms with van der Waals surface area (Å²) in [5, 5.41) is 9.00. The van der Waals surface area contributed by atoms with Crippen LogP contribution in [0.2, 0.25) is 0 Å². The third kappa shape index (κ3) is 3.25. The Labute approximate surface area is 120 Å². The van der Waals surface area contributed by atoms with Crippen molar-refractivity contribution in [1.29, 1.82) is 0 Å². The van der Waals surface area contributed by atoms with Gasteiger partial charge in [0.15, 0.2) is 0 Å². The normalized spacial score (nSPS) is 26.2. The molecule has 2 fully saturated rings. The molecule has 1 heterocycles. The van der Waals surface area contributed by atoms with Gasteiger partial charge in [-0.25, -0.2) is 4.79 Å². The number of urea groups is 1. The third-order valence-corrected chi connectivity index (χ3v) is 4.66. The van der Waals surface area contributed by atoms with E-state index in [1.54, 1.807) is 0 Å². The highest BCUT2D eigenvalue weighted by molar-refractivity contribution is 5.80. The fourth-order valence-corrected chi connectivity index (χ4v) is 3.64. The summed E-state index contributed by atoms with van der Waals surface area (Å²) >= 11 is 0. The molecule has 2 amide bonds. The van der Waals surface area contributed by atoms with Gasteiger partial charge in [0.2, 0.25) is 0 Å². The lowest BCUT2D eigenvalue weighted by Gasteiger charge is -2.46. The van der Waals surface area contributed by atoms with Crippen molar-refractivity contribution < 1.29 is 14.7 Å². The smallest absolute Gasteiger partial charge is 0.323 e. The fourth-order valence-electron chi connectivity index (χ4n) is 3.64. The highest BCUT2D eigenvalue weighted by Crippen LogP contribution is 2.35. The monoisotopic (exact) mass is 282 g/mol. The zero-order valence-corrected chi connectivity index (χ0v) is 12.5. The van der Waals surface area contributed by atoms with Crippen molar-refractivity contribution in [2.24, 2.45) is 5.92 Å². The maximum Gasteiger partial charge on any atom is 0.323 e. The number of nitrogens with zero attached hydrogens (tertiary/aromatic N) is 2. The number of carbonyl (C=O) groups is 2. The molecule has 0 aromatic rings. The Morgan fingerprint density at radius 1 is 1.20 bits per heavy atom. The summed E-state index contributed by atoms with van der Waals surface area (Å²) in [6, 6.07) is 0.168. The third-order valence-electron chi connectivity index (χ3n) is 4.66. The van der Waals surface area contributed by atoms with Crippen LogP contribution in [0.25, 0.3) is 0 Å². The van der Waals surface area contributed by atoms with Crippen molar-refractivity contribution in [2.75, 3.05) is 13.1 Å². The number of carboxylic acids is 1. The molecule has 0 aromatic heterocycles. The van der Waals surface area contributed by atoms with Crippen LogP contribution in [0.3, 0.4) is 0 Å². The zero-order valence-electron chi connectivity index (χ0n) is 12.5. The highest BCUT2D eigenvalue weighted by Gasteiger charge is 2.38. The van der Waals surface area contributed by atoms with Crippen LogP contribution in [0.1, 0.15) is 52.4 Å². The number of piperidine rings is 1. The van der Waals surface area contributed by atoms with E-state index in [9.17, 15) is 9.59 Å². The van der Waals surface area contributed by atoms with E-state index >= 15 is 0 Å². The molecule has 0 unspecified atom stereocenters. The predicted octanol–water partition coefficient (Wildman–Crippen LogP) is 2.56. The number of carbonyl (C=O) groups excluding carboxylic acids is 1. The topological polar surface area (TPSA) is 60.9 Å². The zero-order chi connectivity index (χ0) is 14.7. The molecule has 5 nitrogen and oxygen atoms in total. The van der Waals surface area contributed by atoms with Crippen molar-refractivity contribution in [1.82, 2.24) is 9.80 Å². The number of rotatable bonds is 3. The molecule has 1 saturated heterocycles. The van der Waals surface area contributed by atoms with Crippen LogP contribution in [0.15, 0.2) is 0 Å². The number of hydrogen-bond donors (Lipinski definition) is 1. The molecule has 0 bridgehead atoms. The number of likely N-dealkylation sites (tertiary alicyclic amines) is 1. The first-order valence-corrected chi connectivity index (χ1v) is 7.79. The molecular formula is C15H26N2O3. The van der Waals surface area contributed by atoms with Crippen LogP contribution in [-0.4, -0.2) is 52.1 Å². The van der Waals surface area contributed by atoms with E-state index in [1.807, 2.05) is 18.7 Å². The Hall–Kier alpha value is -1.26. The molecule has 2 rings (SSSR count). The second-order valence-corrected chi connectivity index (χ2v) is 6.35. The minimum atomic E-state index is -0.941. The van der Waals surface area contributed by atoms with Gasteiger partial charge in [-0.3, -0.25) is 4.79 Å². The minimum Gasteiger partial charge on any atom is -0.480 e. The molecule has 5 heteroatoms. The Bertz CT molecular complexity index is 368. The summed E-state index contributed by atoms with van der Waals surface area (Å²) in [5.41, 5.74) is 0. The predicted molar refractivity (Wildman–Crippen MR) is 76.6 cm³/mol. The van der Waals surface area contributed by atoms with E-state index in [1.165, 1.54) is 30.6 Å². The molecule has 1 aliphatic carbocycles. The summed E-state index contributed by atoms with van der Waals surface area (Å²) in [7, 11) is 0. The minimum absolute atomic E-state index is 0.0810. The Morgan fingerprint density at radius 2 is 1.85 bits per heavy atom. The number of carboxylic acid groups (broad SMARTS) is 1. The molecule has 0 aromatic carbocycles. The van der Waals surface area contributed by atoms with Crippen LogP contribution in [-0.2, 0) is 4.79 Å². The number of amides is 2. The Morgan fingerprint density at radius 3 is 2.50 bits per heavy atom. The largest absolute Gasteiger partial charge is 0.480 e. The SMILES string of the molecule is CC(C)N(CC(=O)O)C(=O)N1CCC[C@H]2CCCC[C@H]21. The molecule has 0 spiro atoms. The van der Waals surface area contributed by atoms with E-state index < -0.39 is 5.97 Å². The van der Waals surface area contributed by atoms with Crippen molar-refractivity contribution in [3.05, 3.63) is 0 Å². The first kappa shape index (κ1) is 15.1. The lowest BCUT2D eigenvalue weighted by atomic mass is 9.78. The van der Waals surface area contributed by atoms with Crippen LogP contribution in [0.4, 0.5) is 4.79 Å².